The summed E-state index contributed by atoms with van der Waals surface area (Å²) in [4.78, 5) is 39.0. The van der Waals surface area contributed by atoms with Gasteiger partial charge in [0.1, 0.15) is 18.0 Å². The first kappa shape index (κ1) is 24.7. The van der Waals surface area contributed by atoms with Gasteiger partial charge in [0.2, 0.25) is 5.43 Å². The summed E-state index contributed by atoms with van der Waals surface area (Å²) < 4.78 is 28.6. The Morgan fingerprint density at radius 2 is 1.79 bits per heavy atom. The molecular formula is C30H25FN2O6. The molecule has 1 fully saturated rings. The van der Waals surface area contributed by atoms with E-state index in [-0.39, 0.29) is 29.3 Å². The second-order valence-electron chi connectivity index (χ2n) is 9.86. The van der Waals surface area contributed by atoms with E-state index in [0.29, 0.717) is 24.2 Å². The molecule has 1 amide bonds. The molecule has 39 heavy (non-hydrogen) atoms. The average molecular weight is 529 g/mol. The third-order valence-electron chi connectivity index (χ3n) is 7.28. The molecule has 2 heterocycles. The van der Waals surface area contributed by atoms with Gasteiger partial charge in [0.05, 0.1) is 23.6 Å². The maximum atomic E-state index is 15.7. The first-order valence-electron chi connectivity index (χ1n) is 12.6. The predicted octanol–water partition coefficient (Wildman–Crippen LogP) is 5.50. The highest BCUT2D eigenvalue weighted by Gasteiger charge is 2.31. The SMILES string of the molecule is COc1c(-c2ccc3c(c2)CN(C(=O)OCc2ccccc2)C3)c(F)cc2c(=O)c(C(=O)O)cn(C3CC3)c12. The third-order valence-corrected chi connectivity index (χ3v) is 7.28. The largest absolute Gasteiger partial charge is 0.494 e. The van der Waals surface area contributed by atoms with Gasteiger partial charge in [0.15, 0.2) is 5.75 Å². The van der Waals surface area contributed by atoms with Crippen molar-refractivity contribution in [2.45, 2.75) is 38.6 Å². The molecule has 6 rings (SSSR count). The molecule has 3 aromatic carbocycles. The normalized spacial score (nSPS) is 14.4. The Kier molecular flexibility index (Phi) is 6.06. The molecule has 1 saturated carbocycles. The number of rotatable bonds is 6. The standard InChI is InChI=1S/C30H25FN2O6/c1-38-28-25(24(31)12-22-26(28)33(21-9-10-21)15-23(27(22)34)29(35)36)18-7-8-19-13-32(14-20(19)11-18)30(37)39-16-17-5-3-2-4-6-17/h2-8,11-12,15,21H,9-10,13-14,16H2,1H3,(H,35,36). The number of carboxylic acids is 1. The van der Waals surface area contributed by atoms with Gasteiger partial charge in [-0.25, -0.2) is 14.0 Å². The number of hydrogen-bond donors (Lipinski definition) is 1. The van der Waals surface area contributed by atoms with E-state index in [1.165, 1.54) is 13.3 Å². The summed E-state index contributed by atoms with van der Waals surface area (Å²) >= 11 is 0. The van der Waals surface area contributed by atoms with Crippen LogP contribution in [0, 0.1) is 5.82 Å². The van der Waals surface area contributed by atoms with Gasteiger partial charge in [-0.2, -0.15) is 0 Å². The van der Waals surface area contributed by atoms with Crippen LogP contribution < -0.4 is 10.2 Å². The van der Waals surface area contributed by atoms with Gasteiger partial charge < -0.3 is 19.1 Å². The number of carboxylic acid groups (broad SMARTS) is 1. The average Bonchev–Trinajstić information content (AvgIpc) is 3.69. The highest BCUT2D eigenvalue weighted by molar-refractivity contribution is 5.98. The van der Waals surface area contributed by atoms with Crippen LogP contribution in [0.15, 0.2) is 65.6 Å². The number of carbonyl (C=O) groups is 2. The zero-order valence-corrected chi connectivity index (χ0v) is 21.1. The maximum absolute atomic E-state index is 15.7. The minimum absolute atomic E-state index is 0.00823. The van der Waals surface area contributed by atoms with Crippen molar-refractivity contribution in [3.05, 3.63) is 99.1 Å². The Bertz CT molecular complexity index is 1690. The second-order valence-corrected chi connectivity index (χ2v) is 9.86. The fraction of sp³-hybridized carbons (Fsp3) is 0.233. The number of fused-ring (bicyclic) bond motifs is 2. The summed E-state index contributed by atoms with van der Waals surface area (Å²) in [6.07, 6.45) is 2.54. The highest BCUT2D eigenvalue weighted by atomic mass is 19.1. The number of benzene rings is 3. The number of carbonyl (C=O) groups excluding carboxylic acids is 1. The number of nitrogens with zero attached hydrogens (tertiary/aromatic N) is 2. The fourth-order valence-electron chi connectivity index (χ4n) is 5.20. The van der Waals surface area contributed by atoms with E-state index in [4.69, 9.17) is 9.47 Å². The molecule has 198 valence electrons. The van der Waals surface area contributed by atoms with E-state index in [1.807, 2.05) is 42.5 Å². The molecule has 1 N–H and O–H groups in total. The molecule has 1 aromatic heterocycles. The van der Waals surface area contributed by atoms with Gasteiger partial charge in [-0.3, -0.25) is 9.69 Å². The molecule has 2 aliphatic rings. The van der Waals surface area contributed by atoms with Crippen molar-refractivity contribution in [2.75, 3.05) is 7.11 Å². The molecule has 0 saturated heterocycles. The smallest absolute Gasteiger partial charge is 0.410 e. The lowest BCUT2D eigenvalue weighted by molar-refractivity contribution is 0.0694. The van der Waals surface area contributed by atoms with E-state index < -0.39 is 28.9 Å². The Morgan fingerprint density at radius 3 is 2.49 bits per heavy atom. The van der Waals surface area contributed by atoms with Crippen LogP contribution in [0.25, 0.3) is 22.0 Å². The van der Waals surface area contributed by atoms with Crippen molar-refractivity contribution < 1.29 is 28.6 Å². The number of aromatic carboxylic acids is 1. The van der Waals surface area contributed by atoms with Crippen LogP contribution in [0.4, 0.5) is 9.18 Å². The van der Waals surface area contributed by atoms with Crippen LogP contribution >= 0.6 is 0 Å². The van der Waals surface area contributed by atoms with Crippen LogP contribution in [0.1, 0.15) is 45.9 Å². The number of amides is 1. The minimum atomic E-state index is -1.36. The van der Waals surface area contributed by atoms with Gasteiger partial charge in [-0.05, 0) is 47.2 Å². The summed E-state index contributed by atoms with van der Waals surface area (Å²) in [7, 11) is 1.41. The van der Waals surface area contributed by atoms with Gasteiger partial charge in [-0.15, -0.1) is 0 Å². The van der Waals surface area contributed by atoms with Crippen molar-refractivity contribution in [1.29, 1.82) is 0 Å². The molecule has 8 nitrogen and oxygen atoms in total. The van der Waals surface area contributed by atoms with Gasteiger partial charge in [-0.1, -0.05) is 42.5 Å². The van der Waals surface area contributed by atoms with E-state index in [2.05, 4.69) is 0 Å². The fourth-order valence-corrected chi connectivity index (χ4v) is 5.20. The summed E-state index contributed by atoms with van der Waals surface area (Å²) in [6, 6.07) is 16.0. The first-order chi connectivity index (χ1) is 18.9. The van der Waals surface area contributed by atoms with Crippen LogP contribution in [0.2, 0.25) is 0 Å². The number of aromatic nitrogens is 1. The Labute approximate surface area is 222 Å². The molecule has 0 radical (unpaired) electrons. The van der Waals surface area contributed by atoms with Gasteiger partial charge in [0.25, 0.3) is 0 Å². The highest BCUT2D eigenvalue weighted by Crippen LogP contribution is 2.44. The van der Waals surface area contributed by atoms with Crippen molar-refractivity contribution in [3.63, 3.8) is 0 Å². The number of pyridine rings is 1. The van der Waals surface area contributed by atoms with Crippen LogP contribution in [-0.4, -0.2) is 33.7 Å². The number of ether oxygens (including phenoxy) is 2. The number of halogens is 1. The zero-order chi connectivity index (χ0) is 27.3. The molecule has 4 aromatic rings. The first-order valence-corrected chi connectivity index (χ1v) is 12.6. The van der Waals surface area contributed by atoms with Crippen molar-refractivity contribution in [1.82, 2.24) is 9.47 Å². The quantitative estimate of drug-likeness (QED) is 0.355. The second kappa shape index (κ2) is 9.58. The Morgan fingerprint density at radius 1 is 1.05 bits per heavy atom. The zero-order valence-electron chi connectivity index (χ0n) is 21.1. The molecular weight excluding hydrogens is 503 g/mol. The number of methoxy groups -OCH3 is 1. The summed E-state index contributed by atoms with van der Waals surface area (Å²) in [5, 5.41) is 9.51. The van der Waals surface area contributed by atoms with Crippen molar-refractivity contribution in [2.24, 2.45) is 0 Å². The predicted molar refractivity (Wildman–Crippen MR) is 141 cm³/mol. The Hall–Kier alpha value is -4.66. The summed E-state index contributed by atoms with van der Waals surface area (Å²) in [6.45, 7) is 0.854. The molecule has 0 bridgehead atoms. The molecule has 0 spiro atoms. The molecule has 1 aliphatic carbocycles. The van der Waals surface area contributed by atoms with Crippen LogP contribution in [0.5, 0.6) is 5.75 Å². The number of hydrogen-bond acceptors (Lipinski definition) is 5. The summed E-state index contributed by atoms with van der Waals surface area (Å²) in [5.74, 6) is -1.88. The van der Waals surface area contributed by atoms with E-state index in [0.717, 1.165) is 35.6 Å². The van der Waals surface area contributed by atoms with E-state index in [1.54, 1.807) is 15.5 Å². The summed E-state index contributed by atoms with van der Waals surface area (Å²) in [5.41, 5.74) is 2.60. The van der Waals surface area contributed by atoms with E-state index >= 15 is 4.39 Å². The minimum Gasteiger partial charge on any atom is -0.494 e. The molecule has 9 heteroatoms. The van der Waals surface area contributed by atoms with Gasteiger partial charge >= 0.3 is 12.1 Å². The van der Waals surface area contributed by atoms with E-state index in [9.17, 15) is 19.5 Å². The third kappa shape index (κ3) is 4.39. The maximum Gasteiger partial charge on any atom is 0.410 e. The van der Waals surface area contributed by atoms with Crippen molar-refractivity contribution >= 4 is 23.0 Å². The van der Waals surface area contributed by atoms with Crippen LogP contribution in [-0.2, 0) is 24.4 Å². The lowest BCUT2D eigenvalue weighted by Gasteiger charge is -2.18. The van der Waals surface area contributed by atoms with Crippen LogP contribution in [0.3, 0.4) is 0 Å². The molecule has 0 atom stereocenters. The van der Waals surface area contributed by atoms with Crippen molar-refractivity contribution in [3.8, 4) is 16.9 Å². The lowest BCUT2D eigenvalue weighted by Crippen LogP contribution is -2.25. The Balaban J connectivity index is 1.36. The monoisotopic (exact) mass is 528 g/mol. The topological polar surface area (TPSA) is 98.1 Å². The lowest BCUT2D eigenvalue weighted by atomic mass is 9.97. The molecule has 0 unspecified atom stereocenters. The van der Waals surface area contributed by atoms with Gasteiger partial charge in [0, 0.05) is 25.3 Å². The molecule has 1 aliphatic heterocycles.